The number of carbonyl (C=O) groups is 1. The monoisotopic (exact) mass is 382 g/mol. The molecule has 3 nitrogen and oxygen atoms in total. The molecule has 0 atom stereocenters. The van der Waals surface area contributed by atoms with E-state index in [9.17, 15) is 22.4 Å². The Bertz CT molecular complexity index is 803. The number of hydrogen-bond acceptors (Lipinski definition) is 2. The molecule has 0 bridgehead atoms. The van der Waals surface area contributed by atoms with Gasteiger partial charge >= 0.3 is 12.3 Å². The maximum atomic E-state index is 13.4. The maximum absolute atomic E-state index is 13.4. The molecule has 1 aliphatic carbocycles. The van der Waals surface area contributed by atoms with Gasteiger partial charge in [0.1, 0.15) is 0 Å². The molecule has 146 valence electrons. The van der Waals surface area contributed by atoms with E-state index in [1.807, 2.05) is 24.3 Å². The lowest BCUT2D eigenvalue weighted by molar-refractivity contribution is -0.144. The normalized spacial score (nSPS) is 17.2. The van der Waals surface area contributed by atoms with E-state index in [2.05, 4.69) is 10.3 Å². The highest BCUT2D eigenvalue weighted by Gasteiger charge is 2.46. The quantitative estimate of drug-likeness (QED) is 0.641. The third kappa shape index (κ3) is 4.39. The van der Waals surface area contributed by atoms with E-state index in [0.717, 1.165) is 30.2 Å². The van der Waals surface area contributed by atoms with E-state index in [1.165, 1.54) is 6.20 Å². The van der Waals surface area contributed by atoms with E-state index in [-0.39, 0.29) is 12.3 Å². The van der Waals surface area contributed by atoms with Gasteiger partial charge in [0, 0.05) is 17.2 Å². The highest BCUT2D eigenvalue weighted by Crippen LogP contribution is 2.44. The summed E-state index contributed by atoms with van der Waals surface area (Å²) in [7, 11) is 0. The molecule has 1 fully saturated rings. The van der Waals surface area contributed by atoms with Crippen molar-refractivity contribution in [3.8, 4) is 0 Å². The lowest BCUT2D eigenvalue weighted by atomic mass is 9.70. The second-order valence-electron chi connectivity index (χ2n) is 7.27. The number of benzene rings is 1. The van der Waals surface area contributed by atoms with Crippen LogP contribution in [-0.4, -0.2) is 23.2 Å². The summed E-state index contributed by atoms with van der Waals surface area (Å²) in [5.74, 6) is -4.46. The van der Waals surface area contributed by atoms with Gasteiger partial charge in [-0.25, -0.2) is 17.6 Å². The number of nitrogens with one attached hydrogen (secondary N) is 1. The predicted octanol–water partition coefficient (Wildman–Crippen LogP) is 5.80. The van der Waals surface area contributed by atoms with Gasteiger partial charge in [0.05, 0.1) is 17.4 Å². The Hall–Kier alpha value is -2.18. The fraction of sp³-hybridized carbons (Fsp3) is 0.500. The third-order valence-electron chi connectivity index (χ3n) is 5.40. The molecular weight excluding hydrogens is 360 g/mol. The summed E-state index contributed by atoms with van der Waals surface area (Å²) in [5.41, 5.74) is 0.214. The molecule has 1 amide bonds. The van der Waals surface area contributed by atoms with E-state index in [4.69, 9.17) is 0 Å². The SMILES string of the molecule is O=C(Nc1cnc2ccccc2c1)C1(CCC(F)(F)C(F)F)CCCCC1. The molecular formula is C20H22F4N2O. The highest BCUT2D eigenvalue weighted by molar-refractivity contribution is 5.96. The molecule has 1 aliphatic rings. The van der Waals surface area contributed by atoms with Crippen molar-refractivity contribution in [1.29, 1.82) is 0 Å². The average molecular weight is 382 g/mol. The molecule has 0 radical (unpaired) electrons. The Labute approximate surface area is 155 Å². The molecule has 1 aromatic carbocycles. The average Bonchev–Trinajstić information content (AvgIpc) is 2.67. The Morgan fingerprint density at radius 3 is 2.59 bits per heavy atom. The number of amides is 1. The highest BCUT2D eigenvalue weighted by atomic mass is 19.3. The minimum atomic E-state index is -4.07. The smallest absolute Gasteiger partial charge is 0.307 e. The Kier molecular flexibility index (Phi) is 5.67. The number of halogens is 4. The van der Waals surface area contributed by atoms with Crippen LogP contribution in [0.1, 0.15) is 44.9 Å². The van der Waals surface area contributed by atoms with Gasteiger partial charge in [0.15, 0.2) is 0 Å². The number of hydrogen-bond donors (Lipinski definition) is 1. The summed E-state index contributed by atoms with van der Waals surface area (Å²) in [6.45, 7) is 0. The second kappa shape index (κ2) is 7.82. The summed E-state index contributed by atoms with van der Waals surface area (Å²) in [5, 5.41) is 3.62. The molecule has 1 aromatic heterocycles. The van der Waals surface area contributed by atoms with E-state index >= 15 is 0 Å². The molecule has 2 aromatic rings. The molecule has 7 heteroatoms. The molecule has 0 aliphatic heterocycles. The fourth-order valence-electron chi connectivity index (χ4n) is 3.74. The van der Waals surface area contributed by atoms with Crippen LogP contribution in [0.25, 0.3) is 10.9 Å². The standard InChI is InChI=1S/C20H22F4N2O/c21-17(22)20(23,24)11-10-19(8-4-1-5-9-19)18(27)26-15-12-14-6-2-3-7-16(14)25-13-15/h2-3,6-7,12-13,17H,1,4-5,8-11H2,(H,26,27). The van der Waals surface area contributed by atoms with Crippen LogP contribution >= 0.6 is 0 Å². The molecule has 1 N–H and O–H groups in total. The van der Waals surface area contributed by atoms with Gasteiger partial charge in [-0.15, -0.1) is 0 Å². The molecule has 0 spiro atoms. The Morgan fingerprint density at radius 1 is 1.19 bits per heavy atom. The number of para-hydroxylation sites is 1. The van der Waals surface area contributed by atoms with Crippen molar-refractivity contribution in [1.82, 2.24) is 4.98 Å². The van der Waals surface area contributed by atoms with Crippen LogP contribution in [0.3, 0.4) is 0 Å². The van der Waals surface area contributed by atoms with Crippen LogP contribution in [0.5, 0.6) is 0 Å². The van der Waals surface area contributed by atoms with Crippen molar-refractivity contribution in [2.45, 2.75) is 57.3 Å². The van der Waals surface area contributed by atoms with Crippen molar-refractivity contribution in [2.24, 2.45) is 5.41 Å². The number of nitrogens with zero attached hydrogens (tertiary/aromatic N) is 1. The zero-order chi connectivity index (χ0) is 19.5. The molecule has 27 heavy (non-hydrogen) atoms. The topological polar surface area (TPSA) is 42.0 Å². The maximum Gasteiger partial charge on any atom is 0.307 e. The lowest BCUT2D eigenvalue weighted by Gasteiger charge is -2.36. The van der Waals surface area contributed by atoms with Crippen molar-refractivity contribution < 1.29 is 22.4 Å². The first-order valence-corrected chi connectivity index (χ1v) is 9.15. The number of rotatable bonds is 6. The zero-order valence-electron chi connectivity index (χ0n) is 14.9. The van der Waals surface area contributed by atoms with Crippen LogP contribution < -0.4 is 5.32 Å². The van der Waals surface area contributed by atoms with Crippen molar-refractivity contribution in [2.75, 3.05) is 5.32 Å². The summed E-state index contributed by atoms with van der Waals surface area (Å²) in [4.78, 5) is 17.2. The molecule has 0 saturated heterocycles. The van der Waals surface area contributed by atoms with Crippen LogP contribution in [0, 0.1) is 5.41 Å². The molecule has 3 rings (SSSR count). The van der Waals surface area contributed by atoms with Gasteiger partial charge in [0.2, 0.25) is 5.91 Å². The summed E-state index contributed by atoms with van der Waals surface area (Å²) in [6.07, 6.45) is -0.218. The Balaban J connectivity index is 1.78. The number of anilines is 1. The minimum absolute atomic E-state index is 0.253. The minimum Gasteiger partial charge on any atom is -0.324 e. The van der Waals surface area contributed by atoms with Gasteiger partial charge < -0.3 is 5.32 Å². The largest absolute Gasteiger partial charge is 0.324 e. The van der Waals surface area contributed by atoms with Crippen LogP contribution in [0.15, 0.2) is 36.5 Å². The number of carbonyl (C=O) groups excluding carboxylic acids is 1. The van der Waals surface area contributed by atoms with Crippen molar-refractivity contribution in [3.05, 3.63) is 36.5 Å². The van der Waals surface area contributed by atoms with E-state index in [1.54, 1.807) is 6.07 Å². The number of pyridine rings is 1. The summed E-state index contributed by atoms with van der Waals surface area (Å²) in [6, 6.07) is 9.18. The molecule has 1 saturated carbocycles. The van der Waals surface area contributed by atoms with Crippen molar-refractivity contribution in [3.63, 3.8) is 0 Å². The predicted molar refractivity (Wildman–Crippen MR) is 96.1 cm³/mol. The number of aromatic nitrogens is 1. The fourth-order valence-corrected chi connectivity index (χ4v) is 3.74. The van der Waals surface area contributed by atoms with Crippen LogP contribution in [-0.2, 0) is 4.79 Å². The lowest BCUT2D eigenvalue weighted by Crippen LogP contribution is -2.40. The van der Waals surface area contributed by atoms with E-state index < -0.39 is 24.2 Å². The van der Waals surface area contributed by atoms with E-state index in [0.29, 0.717) is 18.5 Å². The van der Waals surface area contributed by atoms with Gasteiger partial charge in [-0.2, -0.15) is 0 Å². The zero-order valence-corrected chi connectivity index (χ0v) is 14.9. The Morgan fingerprint density at radius 2 is 1.89 bits per heavy atom. The first kappa shape index (κ1) is 19.6. The van der Waals surface area contributed by atoms with Crippen LogP contribution in [0.4, 0.5) is 23.2 Å². The van der Waals surface area contributed by atoms with Gasteiger partial charge in [0.25, 0.3) is 0 Å². The van der Waals surface area contributed by atoms with Gasteiger partial charge in [-0.05, 0) is 31.4 Å². The first-order chi connectivity index (χ1) is 12.8. The molecule has 1 heterocycles. The first-order valence-electron chi connectivity index (χ1n) is 9.15. The number of alkyl halides is 4. The van der Waals surface area contributed by atoms with Crippen molar-refractivity contribution >= 4 is 22.5 Å². The summed E-state index contributed by atoms with van der Waals surface area (Å²) >= 11 is 0. The number of fused-ring (bicyclic) bond motifs is 1. The second-order valence-corrected chi connectivity index (χ2v) is 7.27. The summed E-state index contributed by atoms with van der Waals surface area (Å²) < 4.78 is 51.9. The molecule has 0 unspecified atom stereocenters. The van der Waals surface area contributed by atoms with Gasteiger partial charge in [-0.1, -0.05) is 37.5 Å². The van der Waals surface area contributed by atoms with Gasteiger partial charge in [-0.3, -0.25) is 9.78 Å². The van der Waals surface area contributed by atoms with Crippen LogP contribution in [0.2, 0.25) is 0 Å². The third-order valence-corrected chi connectivity index (χ3v) is 5.40.